The largest absolute Gasteiger partial charge is 0.418 e. The molecule has 4 nitrogen and oxygen atoms in total. The predicted molar refractivity (Wildman–Crippen MR) is 70.7 cm³/mol. The van der Waals surface area contributed by atoms with Gasteiger partial charge < -0.3 is 5.73 Å². The minimum Gasteiger partial charge on any atom is -0.366 e. The lowest BCUT2D eigenvalue weighted by atomic mass is 10.0. The van der Waals surface area contributed by atoms with Gasteiger partial charge in [-0.05, 0) is 11.6 Å². The fourth-order valence-electron chi connectivity index (χ4n) is 1.65. The lowest BCUT2D eigenvalue weighted by Crippen LogP contribution is -2.11. The summed E-state index contributed by atoms with van der Waals surface area (Å²) in [5.74, 6) is -0.665. The Labute approximate surface area is 118 Å². The molecule has 1 aromatic heterocycles. The van der Waals surface area contributed by atoms with Crippen molar-refractivity contribution in [1.29, 1.82) is 0 Å². The predicted octanol–water partition coefficient (Wildman–Crippen LogP) is 2.66. The van der Waals surface area contributed by atoms with E-state index in [0.29, 0.717) is 17.3 Å². The molecule has 2 rings (SSSR count). The lowest BCUT2D eigenvalue weighted by Gasteiger charge is -2.08. The van der Waals surface area contributed by atoms with E-state index < -0.39 is 17.6 Å². The third-order valence-electron chi connectivity index (χ3n) is 2.81. The van der Waals surface area contributed by atoms with E-state index in [1.165, 1.54) is 24.3 Å². The van der Waals surface area contributed by atoms with Gasteiger partial charge in [-0.25, -0.2) is 0 Å². The molecular weight excluding hydrogens is 283 g/mol. The van der Waals surface area contributed by atoms with Crippen molar-refractivity contribution in [3.05, 3.63) is 54.2 Å². The molecule has 0 aliphatic carbocycles. The van der Waals surface area contributed by atoms with Crippen LogP contribution in [0.2, 0.25) is 0 Å². The van der Waals surface area contributed by atoms with Crippen molar-refractivity contribution in [2.75, 3.05) is 0 Å². The average molecular weight is 293 g/mol. The van der Waals surface area contributed by atoms with Gasteiger partial charge in [0.2, 0.25) is 5.91 Å². The van der Waals surface area contributed by atoms with Crippen molar-refractivity contribution in [2.24, 2.45) is 5.73 Å². The molecule has 2 aromatic rings. The summed E-state index contributed by atoms with van der Waals surface area (Å²) in [5, 5.41) is 7.02. The smallest absolute Gasteiger partial charge is 0.366 e. The van der Waals surface area contributed by atoms with Crippen LogP contribution in [0.5, 0.6) is 0 Å². The van der Waals surface area contributed by atoms with E-state index in [9.17, 15) is 18.0 Å². The summed E-state index contributed by atoms with van der Waals surface area (Å²) in [5.41, 5.74) is 5.36. The Kier molecular flexibility index (Phi) is 3.75. The number of nitrogens with two attached hydrogens (primary N) is 1. The highest BCUT2D eigenvalue weighted by atomic mass is 19.4. The molecule has 0 unspecified atom stereocenters. The molecule has 0 aliphatic rings. The quantitative estimate of drug-likeness (QED) is 0.884. The van der Waals surface area contributed by atoms with Crippen LogP contribution in [0.25, 0.3) is 16.8 Å². The normalized spacial score (nSPS) is 11.2. The maximum absolute atomic E-state index is 12.6. The average Bonchev–Trinajstić information content (AvgIpc) is 2.46. The minimum atomic E-state index is -4.48. The third kappa shape index (κ3) is 3.25. The van der Waals surface area contributed by atoms with Gasteiger partial charge in [-0.1, -0.05) is 30.8 Å². The maximum atomic E-state index is 12.6. The summed E-state index contributed by atoms with van der Waals surface area (Å²) >= 11 is 0. The summed E-state index contributed by atoms with van der Waals surface area (Å²) in [7, 11) is 0. The number of amides is 1. The van der Waals surface area contributed by atoms with Crippen molar-refractivity contribution >= 4 is 11.5 Å². The highest BCUT2D eigenvalue weighted by Gasteiger charge is 2.31. The first-order valence-corrected chi connectivity index (χ1v) is 5.78. The highest BCUT2D eigenvalue weighted by Crippen LogP contribution is 2.30. The van der Waals surface area contributed by atoms with E-state index in [-0.39, 0.29) is 11.3 Å². The van der Waals surface area contributed by atoms with Crippen molar-refractivity contribution < 1.29 is 18.0 Å². The molecule has 0 bridgehead atoms. The van der Waals surface area contributed by atoms with Crippen LogP contribution in [-0.2, 0) is 11.0 Å². The van der Waals surface area contributed by atoms with Crippen molar-refractivity contribution in [3.8, 4) is 11.3 Å². The zero-order valence-electron chi connectivity index (χ0n) is 10.7. The second kappa shape index (κ2) is 5.35. The van der Waals surface area contributed by atoms with Crippen LogP contribution in [-0.4, -0.2) is 16.1 Å². The van der Waals surface area contributed by atoms with Crippen LogP contribution in [0.1, 0.15) is 11.1 Å². The summed E-state index contributed by atoms with van der Waals surface area (Å²) in [6, 6.07) is 7.01. The zero-order valence-corrected chi connectivity index (χ0v) is 10.7. The van der Waals surface area contributed by atoms with E-state index >= 15 is 0 Å². The number of hydrogen-bond donors (Lipinski definition) is 1. The molecule has 0 saturated heterocycles. The van der Waals surface area contributed by atoms with Gasteiger partial charge in [0.1, 0.15) is 0 Å². The highest BCUT2D eigenvalue weighted by molar-refractivity contribution is 6.17. The van der Waals surface area contributed by atoms with Crippen LogP contribution in [0.4, 0.5) is 13.2 Å². The molecule has 21 heavy (non-hydrogen) atoms. The number of alkyl halides is 3. The van der Waals surface area contributed by atoms with E-state index in [4.69, 9.17) is 5.73 Å². The van der Waals surface area contributed by atoms with E-state index in [1.54, 1.807) is 0 Å². The van der Waals surface area contributed by atoms with E-state index in [1.807, 2.05) is 0 Å². The van der Waals surface area contributed by atoms with E-state index in [2.05, 4.69) is 16.8 Å². The number of nitrogens with zero attached hydrogens (tertiary/aromatic N) is 2. The van der Waals surface area contributed by atoms with Crippen molar-refractivity contribution in [1.82, 2.24) is 10.2 Å². The first-order valence-electron chi connectivity index (χ1n) is 5.78. The molecule has 0 saturated carbocycles. The Morgan fingerprint density at radius 3 is 2.33 bits per heavy atom. The van der Waals surface area contributed by atoms with Gasteiger partial charge >= 0.3 is 6.18 Å². The number of carbonyl (C=O) groups excluding carboxylic acids is 1. The summed E-state index contributed by atoms with van der Waals surface area (Å²) in [4.78, 5) is 11.0. The van der Waals surface area contributed by atoms with Gasteiger partial charge in [-0.3, -0.25) is 4.79 Å². The van der Waals surface area contributed by atoms with Gasteiger partial charge in [0.15, 0.2) is 0 Å². The topological polar surface area (TPSA) is 68.9 Å². The Bertz CT molecular complexity index is 693. The maximum Gasteiger partial charge on any atom is 0.418 e. The van der Waals surface area contributed by atoms with Gasteiger partial charge in [0.05, 0.1) is 17.5 Å². The minimum absolute atomic E-state index is 0.0843. The number of aromatic nitrogens is 2. The molecule has 0 spiro atoms. The third-order valence-corrected chi connectivity index (χ3v) is 2.81. The van der Waals surface area contributed by atoms with Gasteiger partial charge in [-0.15, -0.1) is 0 Å². The number of rotatable bonds is 3. The second-order valence-corrected chi connectivity index (χ2v) is 4.25. The fourth-order valence-corrected chi connectivity index (χ4v) is 1.65. The Balaban J connectivity index is 2.35. The van der Waals surface area contributed by atoms with Crippen LogP contribution in [0.15, 0.2) is 43.1 Å². The Morgan fingerprint density at radius 2 is 1.81 bits per heavy atom. The van der Waals surface area contributed by atoms with Crippen LogP contribution >= 0.6 is 0 Å². The van der Waals surface area contributed by atoms with Gasteiger partial charge in [0.25, 0.3) is 0 Å². The van der Waals surface area contributed by atoms with Crippen LogP contribution in [0, 0.1) is 0 Å². The van der Waals surface area contributed by atoms with E-state index in [0.717, 1.165) is 6.07 Å². The number of primary amides is 1. The number of carbonyl (C=O) groups is 1. The molecule has 1 heterocycles. The molecule has 2 N–H and O–H groups in total. The Hall–Kier alpha value is -2.70. The first-order chi connectivity index (χ1) is 9.79. The standard InChI is InChI=1S/C14H10F3N3O/c1-8(13(18)21)9-2-4-10(5-3-9)12-6-11(7-19-20-12)14(15,16)17/h2-7H,1H2,(H2,18,21). The summed E-state index contributed by atoms with van der Waals surface area (Å²) < 4.78 is 37.8. The SMILES string of the molecule is C=C(C(N)=O)c1ccc(-c2cc(C(F)(F)F)cnn2)cc1. The second-order valence-electron chi connectivity index (χ2n) is 4.25. The molecule has 108 valence electrons. The molecule has 1 amide bonds. The molecule has 0 aliphatic heterocycles. The zero-order chi connectivity index (χ0) is 15.6. The number of halogens is 3. The molecule has 0 atom stereocenters. The fraction of sp³-hybridized carbons (Fsp3) is 0.0714. The van der Waals surface area contributed by atoms with Crippen LogP contribution in [0.3, 0.4) is 0 Å². The Morgan fingerprint density at radius 1 is 1.19 bits per heavy atom. The molecule has 0 radical (unpaired) electrons. The monoisotopic (exact) mass is 293 g/mol. The van der Waals surface area contributed by atoms with Gasteiger partial charge in [-0.2, -0.15) is 23.4 Å². The van der Waals surface area contributed by atoms with Crippen molar-refractivity contribution in [3.63, 3.8) is 0 Å². The van der Waals surface area contributed by atoms with Crippen molar-refractivity contribution in [2.45, 2.75) is 6.18 Å². The van der Waals surface area contributed by atoms with Gasteiger partial charge in [0, 0.05) is 11.1 Å². The summed E-state index contributed by atoms with van der Waals surface area (Å²) in [6.07, 6.45) is -3.82. The summed E-state index contributed by atoms with van der Waals surface area (Å²) in [6.45, 7) is 3.52. The first kappa shape index (κ1) is 14.7. The molecule has 0 fully saturated rings. The molecule has 7 heteroatoms. The number of hydrogen-bond acceptors (Lipinski definition) is 3. The van der Waals surface area contributed by atoms with Crippen LogP contribution < -0.4 is 5.73 Å². The molecule has 1 aromatic carbocycles. The number of benzene rings is 1. The molecular formula is C14H10F3N3O. The lowest BCUT2D eigenvalue weighted by molar-refractivity contribution is -0.137.